The summed E-state index contributed by atoms with van der Waals surface area (Å²) in [4.78, 5) is 10.1. The van der Waals surface area contributed by atoms with E-state index in [2.05, 4.69) is 0 Å². The molecule has 1 atom stereocenters. The molecule has 1 aromatic carbocycles. The second-order valence-corrected chi connectivity index (χ2v) is 3.51. The van der Waals surface area contributed by atoms with Gasteiger partial charge in [0.1, 0.15) is 0 Å². The SMILES string of the molecule is N.O=[N+]([O-])c1ccc(Cl)cc1CC(O)CO. The number of aliphatic hydroxyl groups excluding tert-OH is 2. The Hall–Kier alpha value is -1.21. The topological polar surface area (TPSA) is 119 Å². The van der Waals surface area contributed by atoms with Crippen LogP contribution in [0.1, 0.15) is 5.56 Å². The summed E-state index contributed by atoms with van der Waals surface area (Å²) in [7, 11) is 0. The zero-order valence-corrected chi connectivity index (χ0v) is 9.22. The number of halogens is 1. The van der Waals surface area contributed by atoms with Crippen LogP contribution in [-0.2, 0) is 6.42 Å². The van der Waals surface area contributed by atoms with Crippen molar-refractivity contribution >= 4 is 17.3 Å². The number of nitro groups is 1. The zero-order chi connectivity index (χ0) is 11.4. The number of nitrogens with zero attached hydrogens (tertiary/aromatic N) is 1. The predicted molar refractivity (Wildman–Crippen MR) is 59.9 cm³/mol. The van der Waals surface area contributed by atoms with E-state index in [-0.39, 0.29) is 18.3 Å². The molecule has 90 valence electrons. The first-order valence-electron chi connectivity index (χ1n) is 4.26. The lowest BCUT2D eigenvalue weighted by Crippen LogP contribution is -2.15. The maximum absolute atomic E-state index is 10.6. The summed E-state index contributed by atoms with van der Waals surface area (Å²) < 4.78 is 0. The molecule has 0 bridgehead atoms. The number of benzene rings is 1. The summed E-state index contributed by atoms with van der Waals surface area (Å²) in [5, 5.41) is 28.8. The Balaban J connectivity index is 0.00000225. The highest BCUT2D eigenvalue weighted by molar-refractivity contribution is 6.30. The second-order valence-electron chi connectivity index (χ2n) is 3.07. The minimum absolute atomic E-state index is 0. The van der Waals surface area contributed by atoms with E-state index in [0.29, 0.717) is 10.6 Å². The Morgan fingerprint density at radius 2 is 2.12 bits per heavy atom. The van der Waals surface area contributed by atoms with Crippen LogP contribution in [0.4, 0.5) is 5.69 Å². The molecule has 0 aliphatic carbocycles. The highest BCUT2D eigenvalue weighted by Gasteiger charge is 2.16. The molecule has 0 aliphatic rings. The van der Waals surface area contributed by atoms with Crippen LogP contribution in [0.5, 0.6) is 0 Å². The quantitative estimate of drug-likeness (QED) is 0.548. The number of rotatable bonds is 4. The third kappa shape index (κ3) is 3.74. The summed E-state index contributed by atoms with van der Waals surface area (Å²) in [6.45, 7) is -0.441. The van der Waals surface area contributed by atoms with Crippen LogP contribution in [0.2, 0.25) is 5.02 Å². The lowest BCUT2D eigenvalue weighted by atomic mass is 10.1. The van der Waals surface area contributed by atoms with E-state index in [1.807, 2.05) is 0 Å². The standard InChI is InChI=1S/C9H10ClNO4.H3N/c10-7-1-2-9(11(14)15)6(3-7)4-8(13)5-12;/h1-3,8,12-13H,4-5H2;1H3. The molecule has 0 saturated heterocycles. The van der Waals surface area contributed by atoms with Crippen LogP contribution < -0.4 is 6.15 Å². The average molecular weight is 249 g/mol. The van der Waals surface area contributed by atoms with Crippen molar-refractivity contribution in [2.24, 2.45) is 0 Å². The molecular formula is C9H13ClN2O4. The van der Waals surface area contributed by atoms with Gasteiger partial charge in [-0.1, -0.05) is 11.6 Å². The normalized spacial score (nSPS) is 11.7. The van der Waals surface area contributed by atoms with Gasteiger partial charge in [0.05, 0.1) is 17.6 Å². The smallest absolute Gasteiger partial charge is 0.272 e. The molecule has 1 aromatic rings. The molecule has 0 saturated carbocycles. The summed E-state index contributed by atoms with van der Waals surface area (Å²) in [5.41, 5.74) is 0.209. The van der Waals surface area contributed by atoms with Crippen molar-refractivity contribution in [2.75, 3.05) is 6.61 Å². The number of nitro benzene ring substituents is 1. The van der Waals surface area contributed by atoms with Crippen LogP contribution >= 0.6 is 11.6 Å². The van der Waals surface area contributed by atoms with Crippen molar-refractivity contribution in [1.82, 2.24) is 6.15 Å². The first-order valence-corrected chi connectivity index (χ1v) is 4.64. The van der Waals surface area contributed by atoms with Crippen LogP contribution in [0.25, 0.3) is 0 Å². The van der Waals surface area contributed by atoms with E-state index in [1.165, 1.54) is 18.2 Å². The van der Waals surface area contributed by atoms with E-state index in [0.717, 1.165) is 0 Å². The Bertz CT molecular complexity index is 373. The number of hydrogen-bond donors (Lipinski definition) is 3. The van der Waals surface area contributed by atoms with Gasteiger partial charge in [0.25, 0.3) is 5.69 Å². The van der Waals surface area contributed by atoms with E-state index >= 15 is 0 Å². The van der Waals surface area contributed by atoms with Gasteiger partial charge in [0.2, 0.25) is 0 Å². The Morgan fingerprint density at radius 3 is 2.62 bits per heavy atom. The average Bonchev–Trinajstić information content (AvgIpc) is 2.17. The molecule has 5 N–H and O–H groups in total. The molecule has 0 spiro atoms. The van der Waals surface area contributed by atoms with Crippen molar-refractivity contribution in [3.8, 4) is 0 Å². The van der Waals surface area contributed by atoms with Crippen LogP contribution in [0.3, 0.4) is 0 Å². The zero-order valence-electron chi connectivity index (χ0n) is 8.47. The van der Waals surface area contributed by atoms with Gasteiger partial charge in [-0.05, 0) is 12.1 Å². The van der Waals surface area contributed by atoms with Gasteiger partial charge >= 0.3 is 0 Å². The van der Waals surface area contributed by atoms with E-state index in [9.17, 15) is 15.2 Å². The molecule has 16 heavy (non-hydrogen) atoms. The molecule has 1 rings (SSSR count). The van der Waals surface area contributed by atoms with Crippen molar-refractivity contribution in [2.45, 2.75) is 12.5 Å². The Morgan fingerprint density at radius 1 is 1.50 bits per heavy atom. The van der Waals surface area contributed by atoms with Crippen molar-refractivity contribution in [1.29, 1.82) is 0 Å². The third-order valence-electron chi connectivity index (χ3n) is 1.90. The lowest BCUT2D eigenvalue weighted by molar-refractivity contribution is -0.385. The van der Waals surface area contributed by atoms with Gasteiger partial charge in [-0.3, -0.25) is 10.1 Å². The highest BCUT2D eigenvalue weighted by atomic mass is 35.5. The number of aliphatic hydroxyl groups is 2. The van der Waals surface area contributed by atoms with Crippen LogP contribution in [-0.4, -0.2) is 27.8 Å². The van der Waals surface area contributed by atoms with Crippen molar-refractivity contribution in [3.63, 3.8) is 0 Å². The van der Waals surface area contributed by atoms with Gasteiger partial charge in [-0.2, -0.15) is 0 Å². The van der Waals surface area contributed by atoms with E-state index in [4.69, 9.17) is 16.7 Å². The minimum atomic E-state index is -1.01. The monoisotopic (exact) mass is 248 g/mol. The molecule has 0 fully saturated rings. The van der Waals surface area contributed by atoms with E-state index in [1.54, 1.807) is 0 Å². The van der Waals surface area contributed by atoms with Gasteiger partial charge in [0.15, 0.2) is 0 Å². The first-order chi connectivity index (χ1) is 7.04. The molecule has 0 radical (unpaired) electrons. The summed E-state index contributed by atoms with van der Waals surface area (Å²) in [5.74, 6) is 0. The fourth-order valence-electron chi connectivity index (χ4n) is 1.21. The van der Waals surface area contributed by atoms with Gasteiger partial charge < -0.3 is 16.4 Å². The Kier molecular flexibility index (Phi) is 5.91. The second kappa shape index (κ2) is 6.39. The van der Waals surface area contributed by atoms with Crippen LogP contribution in [0, 0.1) is 10.1 Å². The molecule has 7 heteroatoms. The molecular weight excluding hydrogens is 236 g/mol. The summed E-state index contributed by atoms with van der Waals surface area (Å²) in [6.07, 6.45) is -1.00. The number of hydrogen-bond acceptors (Lipinski definition) is 5. The summed E-state index contributed by atoms with van der Waals surface area (Å²) >= 11 is 5.68. The minimum Gasteiger partial charge on any atom is -0.394 e. The first kappa shape index (κ1) is 14.8. The Labute approximate surface area is 97.2 Å². The van der Waals surface area contributed by atoms with Gasteiger partial charge in [-0.15, -0.1) is 0 Å². The highest BCUT2D eigenvalue weighted by Crippen LogP contribution is 2.23. The summed E-state index contributed by atoms with van der Waals surface area (Å²) in [6, 6.07) is 4.11. The fourth-order valence-corrected chi connectivity index (χ4v) is 1.41. The van der Waals surface area contributed by atoms with Crippen molar-refractivity contribution < 1.29 is 15.1 Å². The molecule has 0 aliphatic heterocycles. The van der Waals surface area contributed by atoms with Crippen molar-refractivity contribution in [3.05, 3.63) is 38.9 Å². The molecule has 1 unspecified atom stereocenters. The molecule has 0 heterocycles. The molecule has 0 amide bonds. The fraction of sp³-hybridized carbons (Fsp3) is 0.333. The molecule has 0 aromatic heterocycles. The third-order valence-corrected chi connectivity index (χ3v) is 2.14. The lowest BCUT2D eigenvalue weighted by Gasteiger charge is -2.07. The van der Waals surface area contributed by atoms with Gasteiger partial charge in [-0.25, -0.2) is 0 Å². The van der Waals surface area contributed by atoms with Crippen LogP contribution in [0.15, 0.2) is 18.2 Å². The van der Waals surface area contributed by atoms with E-state index < -0.39 is 17.6 Å². The van der Waals surface area contributed by atoms with Gasteiger partial charge in [0, 0.05) is 23.1 Å². The predicted octanol–water partition coefficient (Wildman–Crippen LogP) is 1.31. The molecule has 6 nitrogen and oxygen atoms in total. The maximum Gasteiger partial charge on any atom is 0.272 e. The maximum atomic E-state index is 10.6. The largest absolute Gasteiger partial charge is 0.394 e.